The number of rotatable bonds is 6. The van der Waals surface area contributed by atoms with Crippen LogP contribution < -0.4 is 0 Å². The fourth-order valence-electron chi connectivity index (χ4n) is 3.88. The Kier molecular flexibility index (Phi) is 6.35. The number of ketones is 1. The SMILES string of the molecule is CC(C)CC(=O)C1=C(O)C(=O)N(Cc2ccc(F)cc2)C1c1ccc(C(C)(C)C)cc1. The van der Waals surface area contributed by atoms with Gasteiger partial charge in [-0.15, -0.1) is 0 Å². The molecular formula is C26H30FNO3. The van der Waals surface area contributed by atoms with Crippen molar-refractivity contribution in [2.24, 2.45) is 5.92 Å². The van der Waals surface area contributed by atoms with Crippen molar-refractivity contribution in [1.29, 1.82) is 0 Å². The zero-order valence-electron chi connectivity index (χ0n) is 18.8. The van der Waals surface area contributed by atoms with Crippen LogP contribution in [0.5, 0.6) is 0 Å². The van der Waals surface area contributed by atoms with Crippen LogP contribution in [0, 0.1) is 11.7 Å². The van der Waals surface area contributed by atoms with Gasteiger partial charge in [0, 0.05) is 13.0 Å². The second kappa shape index (κ2) is 8.66. The normalized spacial score (nSPS) is 17.1. The molecule has 31 heavy (non-hydrogen) atoms. The minimum Gasteiger partial charge on any atom is -0.503 e. The summed E-state index contributed by atoms with van der Waals surface area (Å²) < 4.78 is 13.3. The maximum Gasteiger partial charge on any atom is 0.290 e. The number of Topliss-reactive ketones (excluding diaryl/α,β-unsaturated/α-hetero) is 1. The highest BCUT2D eigenvalue weighted by atomic mass is 19.1. The summed E-state index contributed by atoms with van der Waals surface area (Å²) in [5, 5.41) is 10.7. The van der Waals surface area contributed by atoms with Crippen molar-refractivity contribution in [3.05, 3.63) is 82.4 Å². The summed E-state index contributed by atoms with van der Waals surface area (Å²) >= 11 is 0. The van der Waals surface area contributed by atoms with Crippen molar-refractivity contribution in [3.8, 4) is 0 Å². The second-order valence-corrected chi connectivity index (χ2v) is 9.62. The molecule has 1 aliphatic heterocycles. The second-order valence-electron chi connectivity index (χ2n) is 9.62. The maximum atomic E-state index is 13.3. The topological polar surface area (TPSA) is 57.6 Å². The van der Waals surface area contributed by atoms with E-state index in [0.717, 1.165) is 16.7 Å². The maximum absolute atomic E-state index is 13.3. The summed E-state index contributed by atoms with van der Waals surface area (Å²) in [5.74, 6) is -1.57. The van der Waals surface area contributed by atoms with Crippen LogP contribution in [0.4, 0.5) is 4.39 Å². The molecule has 1 atom stereocenters. The van der Waals surface area contributed by atoms with Gasteiger partial charge in [-0.05, 0) is 40.2 Å². The first-order chi connectivity index (χ1) is 14.5. The fourth-order valence-corrected chi connectivity index (χ4v) is 3.88. The average Bonchev–Trinajstić information content (AvgIpc) is 2.93. The molecule has 0 radical (unpaired) electrons. The lowest BCUT2D eigenvalue weighted by molar-refractivity contribution is -0.130. The molecule has 1 unspecified atom stereocenters. The minimum atomic E-state index is -0.683. The molecule has 0 aromatic heterocycles. The van der Waals surface area contributed by atoms with Gasteiger partial charge in [0.05, 0.1) is 11.6 Å². The zero-order valence-corrected chi connectivity index (χ0v) is 18.8. The molecule has 4 nitrogen and oxygen atoms in total. The molecule has 1 amide bonds. The Bertz CT molecular complexity index is 998. The van der Waals surface area contributed by atoms with Crippen LogP contribution in [0.15, 0.2) is 59.9 Å². The number of carbonyl (C=O) groups excluding carboxylic acids is 2. The molecule has 0 saturated carbocycles. The van der Waals surface area contributed by atoms with Gasteiger partial charge >= 0.3 is 0 Å². The Labute approximate surface area is 183 Å². The van der Waals surface area contributed by atoms with Crippen LogP contribution in [0.25, 0.3) is 0 Å². The Balaban J connectivity index is 2.04. The predicted octanol–water partition coefficient (Wildman–Crippen LogP) is 5.63. The molecule has 0 aliphatic carbocycles. The molecule has 5 heteroatoms. The van der Waals surface area contributed by atoms with Gasteiger partial charge in [-0.25, -0.2) is 4.39 Å². The number of nitrogens with zero attached hydrogens (tertiary/aromatic N) is 1. The van der Waals surface area contributed by atoms with Crippen LogP contribution in [0.3, 0.4) is 0 Å². The van der Waals surface area contributed by atoms with Crippen molar-refractivity contribution >= 4 is 11.7 Å². The summed E-state index contributed by atoms with van der Waals surface area (Å²) in [6.07, 6.45) is 0.244. The van der Waals surface area contributed by atoms with Crippen molar-refractivity contribution < 1.29 is 19.1 Å². The van der Waals surface area contributed by atoms with Gasteiger partial charge in [-0.2, -0.15) is 0 Å². The van der Waals surface area contributed by atoms with Gasteiger partial charge in [0.2, 0.25) is 0 Å². The lowest BCUT2D eigenvalue weighted by atomic mass is 9.85. The number of aliphatic hydroxyl groups excluding tert-OH is 1. The highest BCUT2D eigenvalue weighted by molar-refractivity contribution is 6.09. The molecule has 1 N–H and O–H groups in total. The molecule has 1 heterocycles. The van der Waals surface area contributed by atoms with Crippen LogP contribution in [-0.2, 0) is 21.5 Å². The minimum absolute atomic E-state index is 0.0356. The van der Waals surface area contributed by atoms with Crippen LogP contribution in [0.2, 0.25) is 0 Å². The van der Waals surface area contributed by atoms with Crippen molar-refractivity contribution in [3.63, 3.8) is 0 Å². The number of aliphatic hydroxyl groups is 1. The molecule has 2 aromatic rings. The highest BCUT2D eigenvalue weighted by Crippen LogP contribution is 2.40. The Morgan fingerprint density at radius 3 is 2.16 bits per heavy atom. The summed E-state index contributed by atoms with van der Waals surface area (Å²) in [6, 6.07) is 13.0. The quantitative estimate of drug-likeness (QED) is 0.655. The molecule has 2 aromatic carbocycles. The Hall–Kier alpha value is -2.95. The van der Waals surface area contributed by atoms with E-state index in [-0.39, 0.29) is 41.5 Å². The third-order valence-corrected chi connectivity index (χ3v) is 5.56. The van der Waals surface area contributed by atoms with Crippen LogP contribution in [0.1, 0.15) is 63.8 Å². The average molecular weight is 424 g/mol. The molecule has 0 spiro atoms. The van der Waals surface area contributed by atoms with E-state index >= 15 is 0 Å². The summed E-state index contributed by atoms with van der Waals surface area (Å²) in [7, 11) is 0. The van der Waals surface area contributed by atoms with E-state index in [9.17, 15) is 19.1 Å². The van der Waals surface area contributed by atoms with Crippen LogP contribution in [-0.4, -0.2) is 21.7 Å². The van der Waals surface area contributed by atoms with Gasteiger partial charge in [0.15, 0.2) is 11.5 Å². The number of carbonyl (C=O) groups is 2. The van der Waals surface area contributed by atoms with Crippen molar-refractivity contribution in [2.45, 2.75) is 59.0 Å². The van der Waals surface area contributed by atoms with Gasteiger partial charge in [-0.1, -0.05) is 71.0 Å². The summed E-state index contributed by atoms with van der Waals surface area (Å²) in [4.78, 5) is 27.5. The molecule has 0 bridgehead atoms. The molecule has 0 fully saturated rings. The van der Waals surface area contributed by atoms with E-state index in [2.05, 4.69) is 20.8 Å². The van der Waals surface area contributed by atoms with Crippen molar-refractivity contribution in [2.75, 3.05) is 0 Å². The largest absolute Gasteiger partial charge is 0.503 e. The third-order valence-electron chi connectivity index (χ3n) is 5.56. The number of hydrogen-bond acceptors (Lipinski definition) is 3. The van der Waals surface area contributed by atoms with Gasteiger partial charge in [0.25, 0.3) is 5.91 Å². The van der Waals surface area contributed by atoms with Gasteiger partial charge < -0.3 is 10.0 Å². The molecular weight excluding hydrogens is 393 g/mol. The molecule has 0 saturated heterocycles. The smallest absolute Gasteiger partial charge is 0.290 e. The molecule has 3 rings (SSSR count). The number of amides is 1. The van der Waals surface area contributed by atoms with E-state index in [4.69, 9.17) is 0 Å². The van der Waals surface area contributed by atoms with E-state index < -0.39 is 17.7 Å². The Morgan fingerprint density at radius 2 is 1.65 bits per heavy atom. The van der Waals surface area contributed by atoms with Gasteiger partial charge in [0.1, 0.15) is 5.82 Å². The zero-order chi connectivity index (χ0) is 22.9. The van der Waals surface area contributed by atoms with Crippen molar-refractivity contribution in [1.82, 2.24) is 4.90 Å². The van der Waals surface area contributed by atoms with E-state index in [1.165, 1.54) is 17.0 Å². The fraction of sp³-hybridized carbons (Fsp3) is 0.385. The first-order valence-corrected chi connectivity index (χ1v) is 10.6. The lowest BCUT2D eigenvalue weighted by Crippen LogP contribution is -2.31. The predicted molar refractivity (Wildman–Crippen MR) is 119 cm³/mol. The Morgan fingerprint density at radius 1 is 1.06 bits per heavy atom. The summed E-state index contributed by atoms with van der Waals surface area (Å²) in [6.45, 7) is 10.4. The van der Waals surface area contributed by atoms with E-state index in [1.807, 2.05) is 38.1 Å². The van der Waals surface area contributed by atoms with Gasteiger partial charge in [-0.3, -0.25) is 9.59 Å². The van der Waals surface area contributed by atoms with E-state index in [1.54, 1.807) is 12.1 Å². The lowest BCUT2D eigenvalue weighted by Gasteiger charge is -2.28. The number of halogens is 1. The van der Waals surface area contributed by atoms with Crippen LogP contribution >= 0.6 is 0 Å². The first kappa shape index (κ1) is 22.7. The molecule has 164 valence electrons. The first-order valence-electron chi connectivity index (χ1n) is 10.6. The standard InChI is InChI=1S/C26H30FNO3/c1-16(2)14-21(29)22-23(18-8-10-19(11-9-18)26(3,4)5)28(25(31)24(22)30)15-17-6-12-20(27)13-7-17/h6-13,16,23,30H,14-15H2,1-5H3. The highest BCUT2D eigenvalue weighted by Gasteiger charge is 2.43. The number of hydrogen-bond donors (Lipinski definition) is 1. The third kappa shape index (κ3) is 4.87. The number of benzene rings is 2. The molecule has 1 aliphatic rings. The van der Waals surface area contributed by atoms with E-state index in [0.29, 0.717) is 0 Å². The monoisotopic (exact) mass is 423 g/mol. The summed E-state index contributed by atoms with van der Waals surface area (Å²) in [5.41, 5.74) is 2.72.